The predicted octanol–water partition coefficient (Wildman–Crippen LogP) is 3.20. The van der Waals surface area contributed by atoms with Crippen LogP contribution in [0.25, 0.3) is 0 Å². The van der Waals surface area contributed by atoms with Crippen molar-refractivity contribution in [1.29, 1.82) is 0 Å². The minimum Gasteiger partial charge on any atom is -0.495 e. The van der Waals surface area contributed by atoms with Crippen LogP contribution in [0.1, 0.15) is 6.92 Å². The fraction of sp³-hybridized carbons (Fsp3) is 0.364. The number of carbonyl (C=O) groups is 1. The standard InChI is InChI=1S/C11H13Br2NO3/c1-3-17-11(15)6-14-9-5-10(16-2)8(13)4-7(9)12/h4-5,14H,3,6H2,1-2H3. The van der Waals surface area contributed by atoms with Gasteiger partial charge in [0.1, 0.15) is 12.3 Å². The van der Waals surface area contributed by atoms with Gasteiger partial charge in [0.15, 0.2) is 0 Å². The maximum Gasteiger partial charge on any atom is 0.325 e. The largest absolute Gasteiger partial charge is 0.495 e. The van der Waals surface area contributed by atoms with E-state index < -0.39 is 0 Å². The minimum absolute atomic E-state index is 0.122. The van der Waals surface area contributed by atoms with Gasteiger partial charge in [0.2, 0.25) is 0 Å². The molecule has 1 aromatic carbocycles. The number of benzene rings is 1. The summed E-state index contributed by atoms with van der Waals surface area (Å²) >= 11 is 6.77. The fourth-order valence-corrected chi connectivity index (χ4v) is 2.50. The van der Waals surface area contributed by atoms with Gasteiger partial charge in [-0.25, -0.2) is 0 Å². The summed E-state index contributed by atoms with van der Waals surface area (Å²) in [5.74, 6) is 0.404. The third-order valence-electron chi connectivity index (χ3n) is 1.97. The Bertz CT molecular complexity index is 410. The molecule has 0 bridgehead atoms. The van der Waals surface area contributed by atoms with Crippen molar-refractivity contribution >= 4 is 43.5 Å². The Labute approximate surface area is 117 Å². The molecule has 0 aliphatic carbocycles. The second-order valence-electron chi connectivity index (χ2n) is 3.13. The zero-order chi connectivity index (χ0) is 12.8. The van der Waals surface area contributed by atoms with E-state index in [9.17, 15) is 4.79 Å². The average molecular weight is 367 g/mol. The maximum atomic E-state index is 11.2. The van der Waals surface area contributed by atoms with Crippen LogP contribution in [-0.2, 0) is 9.53 Å². The van der Waals surface area contributed by atoms with Gasteiger partial charge >= 0.3 is 5.97 Å². The van der Waals surface area contributed by atoms with Crippen molar-refractivity contribution in [2.24, 2.45) is 0 Å². The maximum absolute atomic E-state index is 11.2. The number of methoxy groups -OCH3 is 1. The molecule has 0 unspecified atom stereocenters. The lowest BCUT2D eigenvalue weighted by molar-refractivity contribution is -0.140. The summed E-state index contributed by atoms with van der Waals surface area (Å²) in [4.78, 5) is 11.2. The summed E-state index contributed by atoms with van der Waals surface area (Å²) in [5, 5.41) is 2.98. The summed E-state index contributed by atoms with van der Waals surface area (Å²) < 4.78 is 11.7. The summed E-state index contributed by atoms with van der Waals surface area (Å²) in [5.41, 5.74) is 0.776. The van der Waals surface area contributed by atoms with Gasteiger partial charge < -0.3 is 14.8 Å². The monoisotopic (exact) mass is 365 g/mol. The Morgan fingerprint density at radius 1 is 1.35 bits per heavy atom. The van der Waals surface area contributed by atoms with Gasteiger partial charge in [-0.3, -0.25) is 4.79 Å². The first-order valence-corrected chi connectivity index (χ1v) is 6.59. The van der Waals surface area contributed by atoms with Gasteiger partial charge in [-0.1, -0.05) is 0 Å². The zero-order valence-electron chi connectivity index (χ0n) is 9.55. The van der Waals surface area contributed by atoms with Gasteiger partial charge in [0.25, 0.3) is 0 Å². The molecule has 0 saturated carbocycles. The number of ether oxygens (including phenoxy) is 2. The van der Waals surface area contributed by atoms with Crippen molar-refractivity contribution in [2.75, 3.05) is 25.6 Å². The van der Waals surface area contributed by atoms with E-state index in [1.54, 1.807) is 20.1 Å². The summed E-state index contributed by atoms with van der Waals surface area (Å²) in [7, 11) is 1.59. The van der Waals surface area contributed by atoms with Gasteiger partial charge in [-0.2, -0.15) is 0 Å². The quantitative estimate of drug-likeness (QED) is 0.813. The van der Waals surface area contributed by atoms with Crippen LogP contribution < -0.4 is 10.1 Å². The topological polar surface area (TPSA) is 47.6 Å². The third-order valence-corrected chi connectivity index (χ3v) is 3.25. The Kier molecular flexibility index (Phi) is 5.77. The van der Waals surface area contributed by atoms with Gasteiger partial charge in [-0.15, -0.1) is 0 Å². The van der Waals surface area contributed by atoms with Crippen LogP contribution in [-0.4, -0.2) is 26.2 Å². The highest BCUT2D eigenvalue weighted by molar-refractivity contribution is 9.11. The number of nitrogens with one attached hydrogen (secondary N) is 1. The van der Waals surface area contributed by atoms with E-state index in [1.807, 2.05) is 6.07 Å². The van der Waals surface area contributed by atoms with E-state index in [0.717, 1.165) is 14.6 Å². The van der Waals surface area contributed by atoms with E-state index in [0.29, 0.717) is 12.4 Å². The van der Waals surface area contributed by atoms with Crippen molar-refractivity contribution in [3.8, 4) is 5.75 Å². The summed E-state index contributed by atoms with van der Waals surface area (Å²) in [6.07, 6.45) is 0. The molecule has 0 aliphatic rings. The third kappa shape index (κ3) is 4.20. The molecule has 6 heteroatoms. The van der Waals surface area contributed by atoms with Crippen LogP contribution >= 0.6 is 31.9 Å². The van der Waals surface area contributed by atoms with E-state index in [2.05, 4.69) is 37.2 Å². The molecular weight excluding hydrogens is 354 g/mol. The van der Waals surface area contributed by atoms with E-state index in [1.165, 1.54) is 0 Å². The first-order valence-electron chi connectivity index (χ1n) is 5.01. The number of hydrogen-bond donors (Lipinski definition) is 1. The normalized spacial score (nSPS) is 9.88. The molecule has 0 amide bonds. The zero-order valence-corrected chi connectivity index (χ0v) is 12.7. The molecule has 0 spiro atoms. The molecular formula is C11H13Br2NO3. The number of hydrogen-bond acceptors (Lipinski definition) is 4. The summed E-state index contributed by atoms with van der Waals surface area (Å²) in [6, 6.07) is 3.65. The number of esters is 1. The molecule has 4 nitrogen and oxygen atoms in total. The molecule has 1 N–H and O–H groups in total. The van der Waals surface area contributed by atoms with Crippen LogP contribution in [0, 0.1) is 0 Å². The second kappa shape index (κ2) is 6.86. The Morgan fingerprint density at radius 3 is 2.65 bits per heavy atom. The van der Waals surface area contributed by atoms with Crippen molar-refractivity contribution in [3.05, 3.63) is 21.1 Å². The lowest BCUT2D eigenvalue weighted by Gasteiger charge is -2.11. The fourth-order valence-electron chi connectivity index (χ4n) is 1.20. The van der Waals surface area contributed by atoms with Crippen LogP contribution in [0.5, 0.6) is 5.75 Å². The Hall–Kier alpha value is -0.750. The highest BCUT2D eigenvalue weighted by atomic mass is 79.9. The number of anilines is 1. The summed E-state index contributed by atoms with van der Waals surface area (Å²) in [6.45, 7) is 2.28. The Morgan fingerprint density at radius 2 is 2.06 bits per heavy atom. The van der Waals surface area contributed by atoms with E-state index >= 15 is 0 Å². The molecule has 0 aromatic heterocycles. The molecule has 0 aliphatic heterocycles. The molecule has 17 heavy (non-hydrogen) atoms. The number of rotatable bonds is 5. The van der Waals surface area contributed by atoms with E-state index in [-0.39, 0.29) is 12.5 Å². The smallest absolute Gasteiger partial charge is 0.325 e. The first-order chi connectivity index (χ1) is 8.08. The molecule has 0 heterocycles. The van der Waals surface area contributed by atoms with Crippen molar-refractivity contribution in [1.82, 2.24) is 0 Å². The lowest BCUT2D eigenvalue weighted by atomic mass is 10.3. The molecule has 0 atom stereocenters. The minimum atomic E-state index is -0.290. The lowest BCUT2D eigenvalue weighted by Crippen LogP contribution is -2.16. The van der Waals surface area contributed by atoms with E-state index in [4.69, 9.17) is 9.47 Å². The van der Waals surface area contributed by atoms with Crippen molar-refractivity contribution in [3.63, 3.8) is 0 Å². The molecule has 0 saturated heterocycles. The molecule has 0 radical (unpaired) electrons. The second-order valence-corrected chi connectivity index (χ2v) is 4.83. The van der Waals surface area contributed by atoms with Crippen LogP contribution in [0.4, 0.5) is 5.69 Å². The van der Waals surface area contributed by atoms with Crippen LogP contribution in [0.2, 0.25) is 0 Å². The van der Waals surface area contributed by atoms with Gasteiger partial charge in [0.05, 0.1) is 23.9 Å². The molecule has 1 rings (SSSR count). The highest BCUT2D eigenvalue weighted by Crippen LogP contribution is 2.34. The highest BCUT2D eigenvalue weighted by Gasteiger charge is 2.08. The first kappa shape index (κ1) is 14.3. The average Bonchev–Trinajstić information content (AvgIpc) is 2.28. The van der Waals surface area contributed by atoms with Crippen molar-refractivity contribution < 1.29 is 14.3 Å². The molecule has 0 fully saturated rings. The van der Waals surface area contributed by atoms with Gasteiger partial charge in [-0.05, 0) is 44.8 Å². The number of carbonyl (C=O) groups excluding carboxylic acids is 1. The van der Waals surface area contributed by atoms with Gasteiger partial charge in [0, 0.05) is 10.5 Å². The Balaban J connectivity index is 2.74. The molecule has 1 aromatic rings. The molecule has 94 valence electrons. The predicted molar refractivity (Wildman–Crippen MR) is 73.5 cm³/mol. The number of halogens is 2. The van der Waals surface area contributed by atoms with Crippen molar-refractivity contribution in [2.45, 2.75) is 6.92 Å². The van der Waals surface area contributed by atoms with Crippen LogP contribution in [0.3, 0.4) is 0 Å². The SMILES string of the molecule is CCOC(=O)CNc1cc(OC)c(Br)cc1Br. The van der Waals surface area contributed by atoms with Crippen LogP contribution in [0.15, 0.2) is 21.1 Å².